The first-order valence-electron chi connectivity index (χ1n) is 6.83. The maximum atomic E-state index is 14.0. The van der Waals surface area contributed by atoms with E-state index in [2.05, 4.69) is 10.3 Å². The van der Waals surface area contributed by atoms with Crippen molar-refractivity contribution in [1.29, 1.82) is 0 Å². The van der Waals surface area contributed by atoms with E-state index in [9.17, 15) is 18.7 Å². The number of amides is 1. The lowest BCUT2D eigenvalue weighted by molar-refractivity contribution is -0.212. The van der Waals surface area contributed by atoms with Crippen LogP contribution in [0.1, 0.15) is 25.0 Å². The highest BCUT2D eigenvalue weighted by atomic mass is 19.3. The molecule has 3 N–H and O–H groups in total. The van der Waals surface area contributed by atoms with Crippen LogP contribution in [-0.2, 0) is 4.79 Å². The van der Waals surface area contributed by atoms with Crippen LogP contribution < -0.4 is 5.32 Å². The Kier molecular flexibility index (Phi) is 3.02. The summed E-state index contributed by atoms with van der Waals surface area (Å²) in [7, 11) is 0. The van der Waals surface area contributed by atoms with Crippen LogP contribution in [0, 0.1) is 6.92 Å². The van der Waals surface area contributed by atoms with Gasteiger partial charge in [-0.2, -0.15) is 8.78 Å². The largest absolute Gasteiger partial charge is 0.383 e. The number of hydrogen-bond donors (Lipinski definition) is 3. The number of alkyl halides is 2. The maximum Gasteiger partial charge on any atom is 0.352 e. The number of halogens is 2. The topological polar surface area (TPSA) is 65.1 Å². The fraction of sp³-hybridized carbons (Fsp3) is 0.400. The Balaban J connectivity index is 1.82. The first kappa shape index (κ1) is 14.0. The smallest absolute Gasteiger partial charge is 0.352 e. The predicted octanol–water partition coefficient (Wildman–Crippen LogP) is 2.97. The number of fused-ring (bicyclic) bond motifs is 1. The van der Waals surface area contributed by atoms with Crippen LogP contribution >= 0.6 is 0 Å². The van der Waals surface area contributed by atoms with Crippen LogP contribution in [0.25, 0.3) is 10.9 Å². The molecule has 1 aliphatic rings. The highest BCUT2D eigenvalue weighted by molar-refractivity contribution is 5.98. The first-order chi connectivity index (χ1) is 9.82. The SMILES string of the molecule is Cc1cc2cc(NC(=O)C(F)(F)C3(O)CCC3)ccc2[nH]1. The van der Waals surface area contributed by atoms with Crippen molar-refractivity contribution in [2.75, 3.05) is 5.32 Å². The minimum atomic E-state index is -3.78. The lowest BCUT2D eigenvalue weighted by atomic mass is 9.75. The summed E-state index contributed by atoms with van der Waals surface area (Å²) in [5, 5.41) is 12.8. The lowest BCUT2D eigenvalue weighted by Gasteiger charge is -2.41. The molecule has 1 heterocycles. The van der Waals surface area contributed by atoms with Crippen molar-refractivity contribution in [1.82, 2.24) is 4.98 Å². The summed E-state index contributed by atoms with van der Waals surface area (Å²) in [5.74, 6) is -5.25. The molecule has 2 aromatic rings. The minimum Gasteiger partial charge on any atom is -0.383 e. The molecular weight excluding hydrogens is 278 g/mol. The Hall–Kier alpha value is -1.95. The highest BCUT2D eigenvalue weighted by Gasteiger charge is 2.61. The molecule has 1 aromatic carbocycles. The summed E-state index contributed by atoms with van der Waals surface area (Å²) in [4.78, 5) is 14.9. The van der Waals surface area contributed by atoms with Gasteiger partial charge in [0.1, 0.15) is 5.60 Å². The average molecular weight is 294 g/mol. The molecule has 1 aromatic heterocycles. The molecule has 21 heavy (non-hydrogen) atoms. The fourth-order valence-corrected chi connectivity index (χ4v) is 2.60. The maximum absolute atomic E-state index is 14.0. The van der Waals surface area contributed by atoms with Gasteiger partial charge in [-0.3, -0.25) is 4.79 Å². The van der Waals surface area contributed by atoms with Crippen molar-refractivity contribution in [2.45, 2.75) is 37.7 Å². The second-order valence-electron chi connectivity index (χ2n) is 5.67. The Morgan fingerprint density at radius 3 is 2.71 bits per heavy atom. The van der Waals surface area contributed by atoms with Crippen LogP contribution in [0.5, 0.6) is 0 Å². The lowest BCUT2D eigenvalue weighted by Crippen LogP contribution is -2.59. The van der Waals surface area contributed by atoms with E-state index in [1.807, 2.05) is 13.0 Å². The molecule has 0 saturated heterocycles. The number of carbonyl (C=O) groups is 1. The summed E-state index contributed by atoms with van der Waals surface area (Å²) >= 11 is 0. The monoisotopic (exact) mass is 294 g/mol. The summed E-state index contributed by atoms with van der Waals surface area (Å²) in [5.41, 5.74) is -0.0992. The van der Waals surface area contributed by atoms with Crippen molar-refractivity contribution >= 4 is 22.5 Å². The van der Waals surface area contributed by atoms with Crippen molar-refractivity contribution in [3.8, 4) is 0 Å². The number of H-pyrrole nitrogens is 1. The molecule has 0 bridgehead atoms. The van der Waals surface area contributed by atoms with Gasteiger partial charge in [-0.15, -0.1) is 0 Å². The van der Waals surface area contributed by atoms with Gasteiger partial charge in [0.25, 0.3) is 5.91 Å². The molecule has 4 nitrogen and oxygen atoms in total. The molecule has 3 rings (SSSR count). The van der Waals surface area contributed by atoms with Crippen LogP contribution in [0.2, 0.25) is 0 Å². The molecule has 0 aliphatic heterocycles. The fourth-order valence-electron chi connectivity index (χ4n) is 2.60. The van der Waals surface area contributed by atoms with Crippen LogP contribution in [0.3, 0.4) is 0 Å². The van der Waals surface area contributed by atoms with E-state index in [0.29, 0.717) is 6.42 Å². The third kappa shape index (κ3) is 2.19. The molecule has 0 spiro atoms. The van der Waals surface area contributed by atoms with E-state index >= 15 is 0 Å². The molecule has 6 heteroatoms. The van der Waals surface area contributed by atoms with Crippen LogP contribution in [-0.4, -0.2) is 27.5 Å². The quantitative estimate of drug-likeness (QED) is 0.815. The van der Waals surface area contributed by atoms with Crippen molar-refractivity contribution in [2.24, 2.45) is 0 Å². The molecule has 0 radical (unpaired) electrons. The molecular formula is C15H16F2N2O2. The predicted molar refractivity (Wildman–Crippen MR) is 75.4 cm³/mol. The van der Waals surface area contributed by atoms with Crippen molar-refractivity contribution < 1.29 is 18.7 Å². The molecule has 0 atom stereocenters. The van der Waals surface area contributed by atoms with E-state index in [-0.39, 0.29) is 18.5 Å². The van der Waals surface area contributed by atoms with Gasteiger partial charge in [-0.1, -0.05) is 0 Å². The van der Waals surface area contributed by atoms with Crippen molar-refractivity contribution in [3.63, 3.8) is 0 Å². The number of hydrogen-bond acceptors (Lipinski definition) is 2. The van der Waals surface area contributed by atoms with E-state index in [1.54, 1.807) is 18.2 Å². The standard InChI is InChI=1S/C15H16F2N2O2/c1-9-7-10-8-11(3-4-12(10)18-9)19-13(20)15(16,17)14(21)5-2-6-14/h3-4,7-8,18,21H,2,5-6H2,1H3,(H,19,20). The van der Waals surface area contributed by atoms with Crippen LogP contribution in [0.15, 0.2) is 24.3 Å². The first-order valence-corrected chi connectivity index (χ1v) is 6.83. The Morgan fingerprint density at radius 2 is 2.10 bits per heavy atom. The number of aryl methyl sites for hydroxylation is 1. The molecule has 0 unspecified atom stereocenters. The summed E-state index contributed by atoms with van der Waals surface area (Å²) in [6.07, 6.45) is 0.404. The van der Waals surface area contributed by atoms with Gasteiger partial charge < -0.3 is 15.4 Å². The zero-order chi connectivity index (χ0) is 15.3. The number of aliphatic hydroxyl groups is 1. The minimum absolute atomic E-state index is 0.0521. The van der Waals surface area contributed by atoms with E-state index < -0.39 is 17.4 Å². The Bertz CT molecular complexity index is 705. The number of aromatic amines is 1. The van der Waals surface area contributed by atoms with Gasteiger partial charge in [-0.05, 0) is 50.5 Å². The van der Waals surface area contributed by atoms with E-state index in [1.165, 1.54) is 0 Å². The van der Waals surface area contributed by atoms with Crippen molar-refractivity contribution in [3.05, 3.63) is 30.0 Å². The molecule has 112 valence electrons. The second-order valence-corrected chi connectivity index (χ2v) is 5.67. The third-order valence-corrected chi connectivity index (χ3v) is 4.06. The molecule has 1 saturated carbocycles. The molecule has 1 amide bonds. The van der Waals surface area contributed by atoms with Gasteiger partial charge in [-0.25, -0.2) is 0 Å². The highest BCUT2D eigenvalue weighted by Crippen LogP contribution is 2.44. The van der Waals surface area contributed by atoms with E-state index in [0.717, 1.165) is 16.6 Å². The average Bonchev–Trinajstić information content (AvgIpc) is 2.75. The normalized spacial score (nSPS) is 17.5. The van der Waals surface area contributed by atoms with E-state index in [4.69, 9.17) is 0 Å². The van der Waals surface area contributed by atoms with Gasteiger partial charge in [0, 0.05) is 22.3 Å². The summed E-state index contributed by atoms with van der Waals surface area (Å²) in [6.45, 7) is 1.89. The summed E-state index contributed by atoms with van der Waals surface area (Å²) in [6, 6.07) is 6.76. The third-order valence-electron chi connectivity index (χ3n) is 4.06. The Morgan fingerprint density at radius 1 is 1.38 bits per heavy atom. The molecule has 1 fully saturated rings. The summed E-state index contributed by atoms with van der Waals surface area (Å²) < 4.78 is 28.0. The van der Waals surface area contributed by atoms with Gasteiger partial charge >= 0.3 is 5.92 Å². The van der Waals surface area contributed by atoms with Gasteiger partial charge in [0.05, 0.1) is 0 Å². The van der Waals surface area contributed by atoms with Gasteiger partial charge in [0.15, 0.2) is 0 Å². The molecule has 1 aliphatic carbocycles. The van der Waals surface area contributed by atoms with Gasteiger partial charge in [0.2, 0.25) is 0 Å². The van der Waals surface area contributed by atoms with Crippen LogP contribution in [0.4, 0.5) is 14.5 Å². The zero-order valence-electron chi connectivity index (χ0n) is 11.5. The zero-order valence-corrected chi connectivity index (χ0v) is 11.5. The number of carbonyl (C=O) groups excluding carboxylic acids is 1. The second kappa shape index (κ2) is 4.53. The Labute approximate surface area is 120 Å². The number of rotatable bonds is 3. The number of anilines is 1. The number of benzene rings is 1. The number of nitrogens with one attached hydrogen (secondary N) is 2. The number of aromatic nitrogens is 1.